The molecule has 0 spiro atoms. The average Bonchev–Trinajstić information content (AvgIpc) is 2.89. The molecule has 1 aromatic carbocycles. The fraction of sp³-hybridized carbons (Fsp3) is 0.600. The Morgan fingerprint density at radius 3 is 1.16 bits per heavy atom. The lowest BCUT2D eigenvalue weighted by Crippen LogP contribution is -2.32. The summed E-state index contributed by atoms with van der Waals surface area (Å²) in [4.78, 5) is 40.6. The van der Waals surface area contributed by atoms with Gasteiger partial charge in [0.2, 0.25) is 0 Å². The third-order valence-corrected chi connectivity index (χ3v) is 5.00. The zero-order valence-corrected chi connectivity index (χ0v) is 22.0. The van der Waals surface area contributed by atoms with Crippen LogP contribution in [0.4, 0.5) is 0 Å². The summed E-state index contributed by atoms with van der Waals surface area (Å²) in [6.07, 6.45) is 1.61. The first-order chi connectivity index (χ1) is 17.6. The number of rotatable bonds is 13. The van der Waals surface area contributed by atoms with Crippen molar-refractivity contribution in [2.45, 2.75) is 52.9 Å². The van der Waals surface area contributed by atoms with E-state index in [1.54, 1.807) is 13.8 Å². The minimum atomic E-state index is -1.13. The number of aliphatic carboxylic acids is 2. The van der Waals surface area contributed by atoms with E-state index >= 15 is 0 Å². The van der Waals surface area contributed by atoms with E-state index in [0.29, 0.717) is 19.3 Å². The molecule has 0 radical (unpaired) electrons. The van der Waals surface area contributed by atoms with Gasteiger partial charge in [0.25, 0.3) is 0 Å². The quantitative estimate of drug-likeness (QED) is 0.156. The molecular formula is C25H42O13. The van der Waals surface area contributed by atoms with Crippen LogP contribution in [-0.4, -0.2) is 103 Å². The number of aliphatic hydroxyl groups is 5. The maximum Gasteiger partial charge on any atom is 0.335 e. The van der Waals surface area contributed by atoms with Crippen molar-refractivity contribution in [2.24, 2.45) is 10.8 Å². The highest BCUT2D eigenvalue weighted by Crippen LogP contribution is 2.18. The lowest BCUT2D eigenvalue weighted by Gasteiger charge is -2.24. The number of aromatic carboxylic acids is 2. The zero-order chi connectivity index (χ0) is 30.4. The molecular weight excluding hydrogens is 508 g/mol. The summed E-state index contributed by atoms with van der Waals surface area (Å²) < 4.78 is 0. The summed E-state index contributed by atoms with van der Waals surface area (Å²) in [6.45, 7) is 5.04. The molecule has 0 unspecified atom stereocenters. The molecule has 0 fully saturated rings. The van der Waals surface area contributed by atoms with Gasteiger partial charge in [-0.2, -0.15) is 0 Å². The highest BCUT2D eigenvalue weighted by molar-refractivity contribution is 5.93. The zero-order valence-electron chi connectivity index (χ0n) is 22.0. The fourth-order valence-electron chi connectivity index (χ4n) is 1.87. The molecule has 0 atom stereocenters. The molecule has 0 heterocycles. The topological polar surface area (TPSA) is 250 Å². The summed E-state index contributed by atoms with van der Waals surface area (Å²) >= 11 is 0. The van der Waals surface area contributed by atoms with Crippen molar-refractivity contribution in [1.29, 1.82) is 0 Å². The van der Waals surface area contributed by atoms with Gasteiger partial charge in [-0.3, -0.25) is 9.59 Å². The summed E-state index contributed by atoms with van der Waals surface area (Å²) in [7, 11) is 0. The van der Waals surface area contributed by atoms with Crippen molar-refractivity contribution >= 4 is 23.9 Å². The monoisotopic (exact) mass is 550 g/mol. The predicted molar refractivity (Wildman–Crippen MR) is 136 cm³/mol. The second-order valence-electron chi connectivity index (χ2n) is 8.99. The molecule has 0 bridgehead atoms. The summed E-state index contributed by atoms with van der Waals surface area (Å²) in [6, 6.07) is 5.20. The van der Waals surface area contributed by atoms with E-state index in [-0.39, 0.29) is 62.4 Å². The number of carboxylic acids is 4. The maximum absolute atomic E-state index is 10.4. The van der Waals surface area contributed by atoms with Crippen molar-refractivity contribution in [3.63, 3.8) is 0 Å². The first-order valence-corrected chi connectivity index (χ1v) is 11.6. The fourth-order valence-corrected chi connectivity index (χ4v) is 1.87. The number of benzene rings is 1. The van der Waals surface area contributed by atoms with Gasteiger partial charge in [0.15, 0.2) is 0 Å². The van der Waals surface area contributed by atoms with E-state index in [2.05, 4.69) is 0 Å². The molecule has 9 N–H and O–H groups in total. The van der Waals surface area contributed by atoms with E-state index in [1.165, 1.54) is 18.2 Å². The van der Waals surface area contributed by atoms with Gasteiger partial charge in [-0.25, -0.2) is 9.59 Å². The number of carboxylic acid groups (broad SMARTS) is 4. The van der Waals surface area contributed by atoms with Crippen LogP contribution in [0, 0.1) is 10.8 Å². The van der Waals surface area contributed by atoms with Crippen LogP contribution in [0.1, 0.15) is 73.6 Å². The Labute approximate surface area is 221 Å². The largest absolute Gasteiger partial charge is 0.481 e. The minimum Gasteiger partial charge on any atom is -0.481 e. The van der Waals surface area contributed by atoms with Crippen molar-refractivity contribution in [3.05, 3.63) is 35.4 Å². The smallest absolute Gasteiger partial charge is 0.335 e. The normalized spacial score (nSPS) is 10.4. The van der Waals surface area contributed by atoms with E-state index in [9.17, 15) is 19.2 Å². The lowest BCUT2D eigenvalue weighted by atomic mass is 9.88. The van der Waals surface area contributed by atoms with Gasteiger partial charge in [-0.1, -0.05) is 26.8 Å². The number of hydrogen-bond acceptors (Lipinski definition) is 9. The molecule has 13 heteroatoms. The van der Waals surface area contributed by atoms with Gasteiger partial charge in [-0.05, 0) is 37.5 Å². The van der Waals surface area contributed by atoms with E-state index in [0.717, 1.165) is 6.07 Å². The SMILES string of the molecule is CC(C)(CO)CO.CCC(CO)(CO)CO.O=C(O)CCCCC(=O)O.O=C(O)c1cccc(C(=O)O)c1. The van der Waals surface area contributed by atoms with Crippen molar-refractivity contribution in [2.75, 3.05) is 33.0 Å². The van der Waals surface area contributed by atoms with Gasteiger partial charge in [-0.15, -0.1) is 0 Å². The van der Waals surface area contributed by atoms with Crippen LogP contribution < -0.4 is 0 Å². The van der Waals surface area contributed by atoms with Crippen LogP contribution in [-0.2, 0) is 9.59 Å². The Morgan fingerprint density at radius 2 is 1.00 bits per heavy atom. The third-order valence-electron chi connectivity index (χ3n) is 5.00. The Balaban J connectivity index is -0.000000438. The second-order valence-corrected chi connectivity index (χ2v) is 8.99. The number of carbonyl (C=O) groups is 4. The molecule has 0 aliphatic rings. The Hall–Kier alpha value is -3.10. The minimum absolute atomic E-state index is 0.0186. The standard InChI is InChI=1S/C8H6O4.C6H10O4.C6H14O3.C5H12O2/c9-7(10)5-2-1-3-6(4-5)8(11)12;7-5(8)3-1-2-4-6(9)10;1-2-6(3-7,4-8)5-9;1-5(2,3-6)4-7/h1-4H,(H,9,10)(H,11,12);1-4H2,(H,7,8)(H,9,10);7-9H,2-5H2,1H3;6-7H,3-4H2,1-2H3. The van der Waals surface area contributed by atoms with Crippen LogP contribution in [0.3, 0.4) is 0 Å². The van der Waals surface area contributed by atoms with Gasteiger partial charge in [0.05, 0.1) is 44.2 Å². The molecule has 0 saturated carbocycles. The molecule has 38 heavy (non-hydrogen) atoms. The molecule has 0 saturated heterocycles. The van der Waals surface area contributed by atoms with E-state index < -0.39 is 29.3 Å². The molecule has 0 aliphatic heterocycles. The number of aliphatic hydroxyl groups excluding tert-OH is 5. The summed E-state index contributed by atoms with van der Waals surface area (Å²) in [5.74, 6) is -3.99. The summed E-state index contributed by atoms with van der Waals surface area (Å²) in [5, 5.41) is 76.1. The van der Waals surface area contributed by atoms with E-state index in [1.807, 2.05) is 6.92 Å². The maximum atomic E-state index is 10.4. The van der Waals surface area contributed by atoms with Crippen LogP contribution >= 0.6 is 0 Å². The molecule has 0 aromatic heterocycles. The van der Waals surface area contributed by atoms with Crippen LogP contribution in [0.15, 0.2) is 24.3 Å². The molecule has 220 valence electrons. The lowest BCUT2D eigenvalue weighted by molar-refractivity contribution is -0.139. The molecule has 13 nitrogen and oxygen atoms in total. The van der Waals surface area contributed by atoms with Crippen molar-refractivity contribution in [3.8, 4) is 0 Å². The number of hydrogen-bond donors (Lipinski definition) is 9. The second kappa shape index (κ2) is 21.9. The Bertz CT molecular complexity index is 748. The van der Waals surface area contributed by atoms with Crippen LogP contribution in [0.2, 0.25) is 0 Å². The summed E-state index contributed by atoms with van der Waals surface area (Å²) in [5.41, 5.74) is -1.01. The first kappa shape index (κ1) is 39.4. The van der Waals surface area contributed by atoms with E-state index in [4.69, 9.17) is 46.0 Å². The highest BCUT2D eigenvalue weighted by Gasteiger charge is 2.24. The Kier molecular flexibility index (Phi) is 22.8. The van der Waals surface area contributed by atoms with Crippen molar-refractivity contribution < 1.29 is 65.1 Å². The predicted octanol–water partition coefficient (Wildman–Crippen LogP) is 1.16. The first-order valence-electron chi connectivity index (χ1n) is 11.6. The van der Waals surface area contributed by atoms with Gasteiger partial charge < -0.3 is 46.0 Å². The number of unbranched alkanes of at least 4 members (excludes halogenated alkanes) is 1. The molecule has 1 aromatic rings. The van der Waals surface area contributed by atoms with Crippen molar-refractivity contribution in [1.82, 2.24) is 0 Å². The molecule has 0 amide bonds. The van der Waals surface area contributed by atoms with Gasteiger partial charge >= 0.3 is 23.9 Å². The molecule has 1 rings (SSSR count). The third kappa shape index (κ3) is 21.0. The molecule has 0 aliphatic carbocycles. The average molecular weight is 551 g/mol. The van der Waals surface area contributed by atoms with Gasteiger partial charge in [0, 0.05) is 23.7 Å². The highest BCUT2D eigenvalue weighted by atomic mass is 16.4. The van der Waals surface area contributed by atoms with Gasteiger partial charge in [0.1, 0.15) is 0 Å². The van der Waals surface area contributed by atoms with Crippen LogP contribution in [0.25, 0.3) is 0 Å². The van der Waals surface area contributed by atoms with Crippen LogP contribution in [0.5, 0.6) is 0 Å². The Morgan fingerprint density at radius 1 is 0.658 bits per heavy atom.